The molecule has 0 radical (unpaired) electrons. The highest BCUT2D eigenvalue weighted by Gasteiger charge is 2.04. The van der Waals surface area contributed by atoms with Crippen molar-refractivity contribution in [1.29, 1.82) is 0 Å². The number of rotatable bonds is 3. The Bertz CT molecular complexity index is 473. The molecule has 82 valence electrons. The zero-order valence-corrected chi connectivity index (χ0v) is 10.0. The topological polar surface area (TPSA) is 26.9 Å². The van der Waals surface area contributed by atoms with E-state index in [0.29, 0.717) is 5.03 Å². The van der Waals surface area contributed by atoms with Crippen molar-refractivity contribution in [3.05, 3.63) is 64.5 Å². The van der Waals surface area contributed by atoms with Gasteiger partial charge in [0.15, 0.2) is 6.20 Å². The van der Waals surface area contributed by atoms with Gasteiger partial charge in [-0.2, -0.15) is 4.73 Å². The van der Waals surface area contributed by atoms with E-state index in [2.05, 4.69) is 0 Å². The molecule has 0 aliphatic carbocycles. The molecule has 0 aliphatic rings. The van der Waals surface area contributed by atoms with Crippen LogP contribution in [0.5, 0.6) is 0 Å². The Labute approximate surface area is 103 Å². The molecule has 2 nitrogen and oxygen atoms in total. The Kier molecular flexibility index (Phi) is 3.70. The highest BCUT2D eigenvalue weighted by molar-refractivity contribution is 7.98. The minimum absolute atomic E-state index is 0.706. The summed E-state index contributed by atoms with van der Waals surface area (Å²) in [6.45, 7) is 0. The van der Waals surface area contributed by atoms with Crippen molar-refractivity contribution in [2.75, 3.05) is 0 Å². The lowest BCUT2D eigenvalue weighted by atomic mass is 10.2. The molecule has 0 aliphatic heterocycles. The maximum Gasteiger partial charge on any atom is 0.251 e. The molecule has 1 heterocycles. The number of halogens is 1. The first-order valence-corrected chi connectivity index (χ1v) is 6.17. The van der Waals surface area contributed by atoms with E-state index in [1.807, 2.05) is 36.4 Å². The zero-order chi connectivity index (χ0) is 11.4. The van der Waals surface area contributed by atoms with Gasteiger partial charge in [0.1, 0.15) is 0 Å². The van der Waals surface area contributed by atoms with Crippen LogP contribution in [0.3, 0.4) is 0 Å². The van der Waals surface area contributed by atoms with Crippen LogP contribution in [0, 0.1) is 5.21 Å². The Morgan fingerprint density at radius 2 is 1.88 bits per heavy atom. The molecule has 2 rings (SSSR count). The second-order valence-corrected chi connectivity index (χ2v) is 4.71. The molecular weight excluding hydrogens is 242 g/mol. The molecule has 0 N–H and O–H groups in total. The number of nitrogens with zero attached hydrogens (tertiary/aromatic N) is 1. The van der Waals surface area contributed by atoms with E-state index in [-0.39, 0.29) is 0 Å². The molecule has 2 aromatic rings. The number of aromatic nitrogens is 1. The summed E-state index contributed by atoms with van der Waals surface area (Å²) in [6, 6.07) is 13.0. The molecule has 0 bridgehead atoms. The number of pyridine rings is 1. The monoisotopic (exact) mass is 251 g/mol. The fraction of sp³-hybridized carbons (Fsp3) is 0.0833. The van der Waals surface area contributed by atoms with E-state index < -0.39 is 0 Å². The first-order chi connectivity index (χ1) is 7.75. The predicted octanol–water partition coefficient (Wildman–Crippen LogP) is 3.27. The minimum Gasteiger partial charge on any atom is -0.618 e. The van der Waals surface area contributed by atoms with Crippen LogP contribution in [0.25, 0.3) is 0 Å². The zero-order valence-electron chi connectivity index (χ0n) is 8.47. The van der Waals surface area contributed by atoms with Gasteiger partial charge in [-0.3, -0.25) is 0 Å². The van der Waals surface area contributed by atoms with Gasteiger partial charge in [0, 0.05) is 22.9 Å². The third kappa shape index (κ3) is 2.90. The maximum absolute atomic E-state index is 11.4. The van der Waals surface area contributed by atoms with Crippen LogP contribution >= 0.6 is 23.4 Å². The van der Waals surface area contributed by atoms with Crippen LogP contribution in [-0.2, 0) is 5.75 Å². The second-order valence-electron chi connectivity index (χ2n) is 3.28. The third-order valence-electron chi connectivity index (χ3n) is 2.09. The van der Waals surface area contributed by atoms with Crippen LogP contribution < -0.4 is 4.73 Å². The first-order valence-electron chi connectivity index (χ1n) is 4.81. The fourth-order valence-corrected chi connectivity index (χ4v) is 2.26. The van der Waals surface area contributed by atoms with Gasteiger partial charge in [-0.1, -0.05) is 35.5 Å². The Morgan fingerprint density at radius 1 is 1.12 bits per heavy atom. The van der Waals surface area contributed by atoms with Gasteiger partial charge in [0.25, 0.3) is 5.03 Å². The summed E-state index contributed by atoms with van der Waals surface area (Å²) in [5.41, 5.74) is 1.15. The van der Waals surface area contributed by atoms with E-state index in [1.165, 1.54) is 18.0 Å². The summed E-state index contributed by atoms with van der Waals surface area (Å²) in [5.74, 6) is 0.767. The second kappa shape index (κ2) is 5.23. The van der Waals surface area contributed by atoms with Gasteiger partial charge in [-0.05, 0) is 23.8 Å². The van der Waals surface area contributed by atoms with Gasteiger partial charge in [0.2, 0.25) is 0 Å². The summed E-state index contributed by atoms with van der Waals surface area (Å²) in [7, 11) is 0. The van der Waals surface area contributed by atoms with Crippen LogP contribution in [0.4, 0.5) is 0 Å². The van der Waals surface area contributed by atoms with Gasteiger partial charge in [0.05, 0.1) is 0 Å². The molecule has 1 aromatic heterocycles. The molecule has 0 saturated heterocycles. The van der Waals surface area contributed by atoms with E-state index in [1.54, 1.807) is 6.07 Å². The summed E-state index contributed by atoms with van der Waals surface area (Å²) in [4.78, 5) is 0. The summed E-state index contributed by atoms with van der Waals surface area (Å²) >= 11 is 7.31. The molecule has 0 saturated carbocycles. The van der Waals surface area contributed by atoms with Crippen LogP contribution in [0.1, 0.15) is 5.56 Å². The van der Waals surface area contributed by atoms with Crippen molar-refractivity contribution in [2.45, 2.75) is 10.8 Å². The van der Waals surface area contributed by atoms with Crippen molar-refractivity contribution in [2.24, 2.45) is 0 Å². The van der Waals surface area contributed by atoms with Crippen LogP contribution in [0.15, 0.2) is 53.7 Å². The van der Waals surface area contributed by atoms with E-state index in [4.69, 9.17) is 11.6 Å². The van der Waals surface area contributed by atoms with Crippen molar-refractivity contribution < 1.29 is 4.73 Å². The largest absolute Gasteiger partial charge is 0.618 e. The number of hydrogen-bond acceptors (Lipinski definition) is 2. The van der Waals surface area contributed by atoms with Crippen LogP contribution in [0.2, 0.25) is 5.02 Å². The highest BCUT2D eigenvalue weighted by Crippen LogP contribution is 2.20. The molecule has 4 heteroatoms. The quantitative estimate of drug-likeness (QED) is 0.476. The summed E-state index contributed by atoms with van der Waals surface area (Å²) < 4.78 is 0.876. The molecule has 0 fully saturated rings. The fourth-order valence-electron chi connectivity index (χ4n) is 1.26. The molecule has 0 unspecified atom stereocenters. The van der Waals surface area contributed by atoms with E-state index in [9.17, 15) is 5.21 Å². The van der Waals surface area contributed by atoms with Gasteiger partial charge in [-0.25, -0.2) is 0 Å². The summed E-state index contributed by atoms with van der Waals surface area (Å²) in [6.07, 6.45) is 1.50. The van der Waals surface area contributed by atoms with Crippen molar-refractivity contribution >= 4 is 23.4 Å². The van der Waals surface area contributed by atoms with Gasteiger partial charge >= 0.3 is 0 Å². The Hall–Kier alpha value is -1.19. The highest BCUT2D eigenvalue weighted by atomic mass is 35.5. The maximum atomic E-state index is 11.4. The average Bonchev–Trinajstić information content (AvgIpc) is 2.30. The number of thioether (sulfide) groups is 1. The smallest absolute Gasteiger partial charge is 0.251 e. The van der Waals surface area contributed by atoms with Crippen LogP contribution in [-0.4, -0.2) is 0 Å². The van der Waals surface area contributed by atoms with Crippen molar-refractivity contribution in [1.82, 2.24) is 0 Å². The molecular formula is C12H10ClNOS. The molecule has 0 atom stereocenters. The van der Waals surface area contributed by atoms with Gasteiger partial charge in [-0.15, -0.1) is 0 Å². The van der Waals surface area contributed by atoms with Crippen molar-refractivity contribution in [3.63, 3.8) is 0 Å². The number of hydrogen-bond donors (Lipinski definition) is 0. The van der Waals surface area contributed by atoms with E-state index >= 15 is 0 Å². The third-order valence-corrected chi connectivity index (χ3v) is 3.43. The van der Waals surface area contributed by atoms with Gasteiger partial charge < -0.3 is 5.21 Å². The SMILES string of the molecule is [O-][n+]1ccccc1SCc1ccc(Cl)cc1. The molecule has 0 spiro atoms. The molecule has 16 heavy (non-hydrogen) atoms. The lowest BCUT2D eigenvalue weighted by Crippen LogP contribution is -2.27. The normalized spacial score (nSPS) is 10.3. The molecule has 0 amide bonds. The lowest BCUT2D eigenvalue weighted by Gasteiger charge is -2.03. The standard InChI is InChI=1S/C12H10ClNOS/c13-11-6-4-10(5-7-11)9-16-12-3-1-2-8-14(12)15/h1-8H,9H2. The average molecular weight is 252 g/mol. The summed E-state index contributed by atoms with van der Waals surface area (Å²) in [5, 5.41) is 12.8. The van der Waals surface area contributed by atoms with Crippen molar-refractivity contribution in [3.8, 4) is 0 Å². The molecule has 1 aromatic carbocycles. The predicted molar refractivity (Wildman–Crippen MR) is 66.4 cm³/mol. The Morgan fingerprint density at radius 3 is 2.56 bits per heavy atom. The lowest BCUT2D eigenvalue weighted by molar-refractivity contribution is -0.645. The Balaban J connectivity index is 2.02. The minimum atomic E-state index is 0.706. The van der Waals surface area contributed by atoms with E-state index in [0.717, 1.165) is 21.1 Å². The first kappa shape index (κ1) is 11.3. The number of benzene rings is 1.